The molecule has 1 heterocycles. The number of aromatic nitrogens is 1. The highest BCUT2D eigenvalue weighted by Crippen LogP contribution is 2.24. The lowest BCUT2D eigenvalue weighted by Gasteiger charge is -2.09. The summed E-state index contributed by atoms with van der Waals surface area (Å²) in [7, 11) is 1.59. The monoisotopic (exact) mass is 217 g/mol. The second kappa shape index (κ2) is 5.27. The van der Waals surface area contributed by atoms with Crippen LogP contribution < -0.4 is 0 Å². The Labute approximate surface area is 88.1 Å². The van der Waals surface area contributed by atoms with Crippen molar-refractivity contribution in [3.05, 3.63) is 29.3 Å². The number of alkyl halides is 1. The lowest BCUT2D eigenvalue weighted by atomic mass is 10.2. The first-order valence-electron chi connectivity index (χ1n) is 4.40. The van der Waals surface area contributed by atoms with E-state index in [0.717, 1.165) is 5.56 Å². The van der Waals surface area contributed by atoms with E-state index in [9.17, 15) is 4.39 Å². The molecule has 0 saturated carbocycles. The summed E-state index contributed by atoms with van der Waals surface area (Å²) in [5.74, 6) is -0.346. The zero-order valence-electron chi connectivity index (χ0n) is 8.26. The molecule has 0 aromatic carbocycles. The van der Waals surface area contributed by atoms with Gasteiger partial charge in [-0.2, -0.15) is 0 Å². The molecular formula is C10H13ClFNO. The van der Waals surface area contributed by atoms with Crippen molar-refractivity contribution >= 4 is 11.6 Å². The maximum absolute atomic E-state index is 13.3. The number of nitrogens with zero attached hydrogens (tertiary/aromatic N) is 1. The van der Waals surface area contributed by atoms with Crippen molar-refractivity contribution in [1.82, 2.24) is 4.98 Å². The van der Waals surface area contributed by atoms with Crippen LogP contribution in [0.3, 0.4) is 0 Å². The molecular weight excluding hydrogens is 205 g/mol. The van der Waals surface area contributed by atoms with Gasteiger partial charge in [0.05, 0.1) is 11.1 Å². The van der Waals surface area contributed by atoms with E-state index >= 15 is 0 Å². The second-order valence-electron chi connectivity index (χ2n) is 3.13. The molecule has 0 radical (unpaired) electrons. The van der Waals surface area contributed by atoms with Crippen LogP contribution in [-0.4, -0.2) is 18.7 Å². The number of pyridine rings is 1. The average molecular weight is 218 g/mol. The molecule has 1 atom stereocenters. The van der Waals surface area contributed by atoms with E-state index in [0.29, 0.717) is 18.7 Å². The second-order valence-corrected chi connectivity index (χ2v) is 3.66. The van der Waals surface area contributed by atoms with Crippen molar-refractivity contribution in [2.75, 3.05) is 13.7 Å². The smallest absolute Gasteiger partial charge is 0.146 e. The zero-order chi connectivity index (χ0) is 10.6. The van der Waals surface area contributed by atoms with Crippen LogP contribution in [0.5, 0.6) is 0 Å². The van der Waals surface area contributed by atoms with Crippen molar-refractivity contribution in [2.45, 2.75) is 18.7 Å². The molecule has 0 fully saturated rings. The summed E-state index contributed by atoms with van der Waals surface area (Å²) in [6.07, 6.45) is 2.17. The summed E-state index contributed by atoms with van der Waals surface area (Å²) in [5.41, 5.74) is 1.09. The number of halogens is 2. The van der Waals surface area contributed by atoms with Crippen LogP contribution >= 0.6 is 11.6 Å². The highest BCUT2D eigenvalue weighted by Gasteiger charge is 2.14. The number of ether oxygens (including phenoxy) is 1. The van der Waals surface area contributed by atoms with Crippen molar-refractivity contribution in [3.8, 4) is 0 Å². The highest BCUT2D eigenvalue weighted by atomic mass is 35.5. The SMILES string of the molecule is COCCC(Cl)c1ncc(C)cc1F. The first-order valence-corrected chi connectivity index (χ1v) is 4.84. The van der Waals surface area contributed by atoms with E-state index in [-0.39, 0.29) is 5.82 Å². The number of methoxy groups -OCH3 is 1. The van der Waals surface area contributed by atoms with Gasteiger partial charge in [0.1, 0.15) is 5.82 Å². The Kier molecular flexibility index (Phi) is 4.29. The van der Waals surface area contributed by atoms with Crippen molar-refractivity contribution < 1.29 is 9.13 Å². The molecule has 1 unspecified atom stereocenters. The van der Waals surface area contributed by atoms with Gasteiger partial charge in [0.2, 0.25) is 0 Å². The van der Waals surface area contributed by atoms with Crippen LogP contribution in [-0.2, 0) is 4.74 Å². The first-order chi connectivity index (χ1) is 6.65. The van der Waals surface area contributed by atoms with E-state index in [1.54, 1.807) is 20.2 Å². The molecule has 1 aromatic heterocycles. The minimum Gasteiger partial charge on any atom is -0.385 e. The van der Waals surface area contributed by atoms with Gasteiger partial charge >= 0.3 is 0 Å². The zero-order valence-corrected chi connectivity index (χ0v) is 9.01. The summed E-state index contributed by atoms with van der Waals surface area (Å²) in [6.45, 7) is 2.29. The van der Waals surface area contributed by atoms with Gasteiger partial charge in [0.15, 0.2) is 0 Å². The Morgan fingerprint density at radius 1 is 1.64 bits per heavy atom. The molecule has 0 aliphatic heterocycles. The average Bonchev–Trinajstić information content (AvgIpc) is 2.14. The molecule has 14 heavy (non-hydrogen) atoms. The van der Waals surface area contributed by atoms with E-state index in [1.165, 1.54) is 6.07 Å². The third kappa shape index (κ3) is 2.93. The number of rotatable bonds is 4. The van der Waals surface area contributed by atoms with Crippen LogP contribution in [0.15, 0.2) is 12.3 Å². The minimum atomic E-state index is -0.421. The van der Waals surface area contributed by atoms with Crippen LogP contribution in [0.25, 0.3) is 0 Å². The van der Waals surface area contributed by atoms with Gasteiger partial charge in [-0.15, -0.1) is 11.6 Å². The van der Waals surface area contributed by atoms with E-state index in [4.69, 9.17) is 16.3 Å². The molecule has 78 valence electrons. The third-order valence-electron chi connectivity index (χ3n) is 1.88. The quantitative estimate of drug-likeness (QED) is 0.724. The predicted molar refractivity (Wildman–Crippen MR) is 54.0 cm³/mol. The fourth-order valence-electron chi connectivity index (χ4n) is 1.13. The third-order valence-corrected chi connectivity index (χ3v) is 2.30. The van der Waals surface area contributed by atoms with Crippen LogP contribution in [0.2, 0.25) is 0 Å². The van der Waals surface area contributed by atoms with Crippen molar-refractivity contribution in [1.29, 1.82) is 0 Å². The molecule has 0 N–H and O–H groups in total. The molecule has 2 nitrogen and oxygen atoms in total. The van der Waals surface area contributed by atoms with Gasteiger partial charge in [-0.05, 0) is 25.0 Å². The number of hydrogen-bond acceptors (Lipinski definition) is 2. The Bertz CT molecular complexity index is 306. The van der Waals surface area contributed by atoms with Gasteiger partial charge in [-0.1, -0.05) is 0 Å². The molecule has 4 heteroatoms. The molecule has 0 aliphatic rings. The Hall–Kier alpha value is -0.670. The minimum absolute atomic E-state index is 0.300. The molecule has 0 aliphatic carbocycles. The Morgan fingerprint density at radius 2 is 2.36 bits per heavy atom. The van der Waals surface area contributed by atoms with Gasteiger partial charge in [-0.25, -0.2) is 4.39 Å². The van der Waals surface area contributed by atoms with E-state index in [2.05, 4.69) is 4.98 Å². The lowest BCUT2D eigenvalue weighted by Crippen LogP contribution is -2.02. The van der Waals surface area contributed by atoms with Gasteiger partial charge in [0, 0.05) is 19.9 Å². The fraction of sp³-hybridized carbons (Fsp3) is 0.500. The maximum Gasteiger partial charge on any atom is 0.146 e. The normalized spacial score (nSPS) is 12.9. The topological polar surface area (TPSA) is 22.1 Å². The van der Waals surface area contributed by atoms with E-state index < -0.39 is 5.38 Å². The fourth-order valence-corrected chi connectivity index (χ4v) is 1.38. The lowest BCUT2D eigenvalue weighted by molar-refractivity contribution is 0.193. The number of hydrogen-bond donors (Lipinski definition) is 0. The van der Waals surface area contributed by atoms with Gasteiger partial charge in [-0.3, -0.25) is 4.98 Å². The standard InChI is InChI=1S/C10H13ClFNO/c1-7-5-9(12)10(13-6-7)8(11)3-4-14-2/h5-6,8H,3-4H2,1-2H3. The van der Waals surface area contributed by atoms with Crippen LogP contribution in [0.1, 0.15) is 23.1 Å². The van der Waals surface area contributed by atoms with Crippen molar-refractivity contribution in [2.24, 2.45) is 0 Å². The van der Waals surface area contributed by atoms with Crippen LogP contribution in [0.4, 0.5) is 4.39 Å². The maximum atomic E-state index is 13.3. The molecule has 0 saturated heterocycles. The highest BCUT2D eigenvalue weighted by molar-refractivity contribution is 6.20. The summed E-state index contributed by atoms with van der Waals surface area (Å²) >= 11 is 5.96. The molecule has 0 amide bonds. The van der Waals surface area contributed by atoms with Crippen LogP contribution in [0, 0.1) is 12.7 Å². The van der Waals surface area contributed by atoms with Gasteiger partial charge in [0.25, 0.3) is 0 Å². The summed E-state index contributed by atoms with van der Waals surface area (Å²) in [4.78, 5) is 3.97. The summed E-state index contributed by atoms with van der Waals surface area (Å²) in [5, 5.41) is -0.421. The largest absolute Gasteiger partial charge is 0.385 e. The molecule has 0 spiro atoms. The Balaban J connectivity index is 2.74. The van der Waals surface area contributed by atoms with Crippen molar-refractivity contribution in [3.63, 3.8) is 0 Å². The van der Waals surface area contributed by atoms with Gasteiger partial charge < -0.3 is 4.74 Å². The predicted octanol–water partition coefficient (Wildman–Crippen LogP) is 2.85. The Morgan fingerprint density at radius 3 is 2.93 bits per heavy atom. The summed E-state index contributed by atoms with van der Waals surface area (Å²) < 4.78 is 18.2. The van der Waals surface area contributed by atoms with E-state index in [1.807, 2.05) is 0 Å². The number of aryl methyl sites for hydroxylation is 1. The first kappa shape index (κ1) is 11.4. The molecule has 1 rings (SSSR count). The molecule has 1 aromatic rings. The summed E-state index contributed by atoms with van der Waals surface area (Å²) in [6, 6.07) is 1.44. The molecule has 0 bridgehead atoms.